The lowest BCUT2D eigenvalue weighted by molar-refractivity contribution is 0.189. The lowest BCUT2D eigenvalue weighted by Gasteiger charge is -2.13. The minimum Gasteiger partial charge on any atom is -0.471 e. The highest BCUT2D eigenvalue weighted by Gasteiger charge is 2.23. The van der Waals surface area contributed by atoms with Gasteiger partial charge in [0.25, 0.3) is 0 Å². The molecule has 0 amide bonds. The number of methoxy groups -OCH3 is 1. The van der Waals surface area contributed by atoms with Gasteiger partial charge in [0.05, 0.1) is 11.6 Å². The van der Waals surface area contributed by atoms with Crippen LogP contribution in [0.5, 0.6) is 0 Å². The Labute approximate surface area is 185 Å². The molecule has 0 unspecified atom stereocenters. The average Bonchev–Trinajstić information content (AvgIpc) is 3.41. The van der Waals surface area contributed by atoms with Crippen molar-refractivity contribution in [2.24, 2.45) is 4.99 Å². The summed E-state index contributed by atoms with van der Waals surface area (Å²) in [5.74, 6) is 2.22. The van der Waals surface area contributed by atoms with Gasteiger partial charge in [-0.1, -0.05) is 53.7 Å². The summed E-state index contributed by atoms with van der Waals surface area (Å²) in [6, 6.07) is 17.7. The minimum atomic E-state index is 0.0121. The first-order valence-electron chi connectivity index (χ1n) is 9.82. The number of nitrogens with zero attached hydrogens (tertiary/aromatic N) is 4. The number of aromatic nitrogens is 3. The highest BCUT2D eigenvalue weighted by atomic mass is 35.5. The number of aliphatic imine (C=N–C) groups is 1. The first kappa shape index (κ1) is 20.9. The predicted molar refractivity (Wildman–Crippen MR) is 120 cm³/mol. The van der Waals surface area contributed by atoms with Gasteiger partial charge in [-0.15, -0.1) is 10.2 Å². The lowest BCUT2D eigenvalue weighted by Crippen LogP contribution is -2.17. The summed E-state index contributed by atoms with van der Waals surface area (Å²) in [7, 11) is 1.71. The molecule has 2 aromatic carbocycles. The molecule has 156 valence electrons. The quantitative estimate of drug-likeness (QED) is 0.358. The molecule has 0 aliphatic carbocycles. The van der Waals surface area contributed by atoms with Gasteiger partial charge in [-0.2, -0.15) is 0 Å². The molecule has 1 aliphatic heterocycles. The van der Waals surface area contributed by atoms with Gasteiger partial charge in [-0.3, -0.25) is 0 Å². The Balaban J connectivity index is 1.46. The van der Waals surface area contributed by atoms with Crippen molar-refractivity contribution < 1.29 is 9.47 Å². The zero-order chi connectivity index (χ0) is 20.8. The van der Waals surface area contributed by atoms with E-state index in [1.54, 1.807) is 18.9 Å². The van der Waals surface area contributed by atoms with Gasteiger partial charge in [-0.25, -0.2) is 4.99 Å². The summed E-state index contributed by atoms with van der Waals surface area (Å²) in [5.41, 5.74) is 1.89. The topological polar surface area (TPSA) is 61.5 Å². The van der Waals surface area contributed by atoms with Crippen molar-refractivity contribution in [3.05, 3.63) is 65.2 Å². The van der Waals surface area contributed by atoms with Crippen molar-refractivity contribution in [2.45, 2.75) is 24.2 Å². The van der Waals surface area contributed by atoms with E-state index in [2.05, 4.69) is 19.8 Å². The summed E-state index contributed by atoms with van der Waals surface area (Å²) >= 11 is 8.04. The molecule has 6 nitrogen and oxygen atoms in total. The Bertz CT molecular complexity index is 1010. The molecular weight excluding hydrogens is 420 g/mol. The van der Waals surface area contributed by atoms with Gasteiger partial charge in [0.1, 0.15) is 6.10 Å². The highest BCUT2D eigenvalue weighted by molar-refractivity contribution is 7.99. The van der Waals surface area contributed by atoms with Crippen molar-refractivity contribution in [1.82, 2.24) is 14.8 Å². The first-order chi connectivity index (χ1) is 14.8. The van der Waals surface area contributed by atoms with E-state index in [0.717, 1.165) is 40.8 Å². The molecule has 0 N–H and O–H groups in total. The highest BCUT2D eigenvalue weighted by Crippen LogP contribution is 2.30. The zero-order valence-electron chi connectivity index (χ0n) is 16.7. The smallest absolute Gasteiger partial charge is 0.216 e. The third kappa shape index (κ3) is 4.86. The largest absolute Gasteiger partial charge is 0.471 e. The maximum absolute atomic E-state index is 6.41. The van der Waals surface area contributed by atoms with Crippen LogP contribution in [0.4, 0.5) is 0 Å². The molecule has 8 heteroatoms. The number of thioether (sulfide) groups is 1. The predicted octanol–water partition coefficient (Wildman–Crippen LogP) is 4.57. The maximum Gasteiger partial charge on any atom is 0.216 e. The number of ether oxygens (including phenoxy) is 2. The normalized spacial score (nSPS) is 15.8. The molecule has 2 heterocycles. The Hall–Kier alpha value is -2.35. The van der Waals surface area contributed by atoms with Crippen LogP contribution in [0.25, 0.3) is 11.4 Å². The third-order valence-corrected chi connectivity index (χ3v) is 6.13. The Morgan fingerprint density at radius 1 is 1.13 bits per heavy atom. The van der Waals surface area contributed by atoms with Crippen LogP contribution in [-0.2, 0) is 16.0 Å². The molecule has 1 aliphatic rings. The second-order valence-electron chi connectivity index (χ2n) is 6.85. The number of halogens is 1. The van der Waals surface area contributed by atoms with Crippen LogP contribution in [0.2, 0.25) is 5.02 Å². The second kappa shape index (κ2) is 10.1. The number of hydrogen-bond donors (Lipinski definition) is 0. The van der Waals surface area contributed by atoms with Crippen LogP contribution in [0, 0.1) is 0 Å². The van der Waals surface area contributed by atoms with Gasteiger partial charge in [0.15, 0.2) is 11.0 Å². The number of hydrogen-bond acceptors (Lipinski definition) is 6. The number of rotatable bonds is 9. The Kier molecular flexibility index (Phi) is 7.04. The van der Waals surface area contributed by atoms with E-state index < -0.39 is 0 Å². The molecule has 0 fully saturated rings. The fourth-order valence-corrected chi connectivity index (χ4v) is 4.38. The van der Waals surface area contributed by atoms with Crippen molar-refractivity contribution in [2.75, 3.05) is 26.0 Å². The molecule has 1 aromatic heterocycles. The maximum atomic E-state index is 6.41. The van der Waals surface area contributed by atoms with Gasteiger partial charge in [0.2, 0.25) is 5.90 Å². The molecule has 3 aromatic rings. The van der Waals surface area contributed by atoms with E-state index in [1.807, 2.05) is 54.6 Å². The third-order valence-electron chi connectivity index (χ3n) is 4.70. The molecule has 0 spiro atoms. The molecular formula is C22H23ClN4O2S. The van der Waals surface area contributed by atoms with Crippen molar-refractivity contribution >= 4 is 29.3 Å². The van der Waals surface area contributed by atoms with E-state index >= 15 is 0 Å². The molecule has 30 heavy (non-hydrogen) atoms. The molecule has 0 bridgehead atoms. The van der Waals surface area contributed by atoms with Crippen LogP contribution in [0.15, 0.2) is 64.7 Å². The van der Waals surface area contributed by atoms with Crippen molar-refractivity contribution in [3.8, 4) is 11.4 Å². The fourth-order valence-electron chi connectivity index (χ4n) is 3.22. The zero-order valence-corrected chi connectivity index (χ0v) is 18.3. The SMILES string of the molecule is COCCCn1c(SC[C@@H]2CN=C(c3ccccc3)O2)nnc1-c1ccccc1Cl. The summed E-state index contributed by atoms with van der Waals surface area (Å²) < 4.78 is 13.4. The van der Waals surface area contributed by atoms with Crippen LogP contribution in [-0.4, -0.2) is 52.8 Å². The Morgan fingerprint density at radius 3 is 2.73 bits per heavy atom. The van der Waals surface area contributed by atoms with Crippen LogP contribution >= 0.6 is 23.4 Å². The van der Waals surface area contributed by atoms with Gasteiger partial charge >= 0.3 is 0 Å². The minimum absolute atomic E-state index is 0.0121. The average molecular weight is 443 g/mol. The standard InChI is InChI=1S/C22H23ClN4O2S/c1-28-13-7-12-27-20(18-10-5-6-11-19(18)23)25-26-22(27)30-15-17-14-24-21(29-17)16-8-3-2-4-9-16/h2-6,8-11,17H,7,12-15H2,1H3/t17-/m0/s1. The summed E-state index contributed by atoms with van der Waals surface area (Å²) in [4.78, 5) is 4.55. The van der Waals surface area contributed by atoms with Crippen molar-refractivity contribution in [1.29, 1.82) is 0 Å². The van der Waals surface area contributed by atoms with Gasteiger partial charge < -0.3 is 14.0 Å². The van der Waals surface area contributed by atoms with E-state index in [1.165, 1.54) is 0 Å². The van der Waals surface area contributed by atoms with E-state index in [0.29, 0.717) is 24.1 Å². The van der Waals surface area contributed by atoms with Crippen LogP contribution in [0.3, 0.4) is 0 Å². The summed E-state index contributed by atoms with van der Waals surface area (Å²) in [6.07, 6.45) is 0.874. The van der Waals surface area contributed by atoms with E-state index in [-0.39, 0.29) is 6.10 Å². The molecule has 0 saturated carbocycles. The van der Waals surface area contributed by atoms with Gasteiger partial charge in [0, 0.05) is 37.1 Å². The lowest BCUT2D eigenvalue weighted by atomic mass is 10.2. The molecule has 4 rings (SSSR count). The van der Waals surface area contributed by atoms with E-state index in [9.17, 15) is 0 Å². The van der Waals surface area contributed by atoms with Crippen LogP contribution < -0.4 is 0 Å². The monoisotopic (exact) mass is 442 g/mol. The van der Waals surface area contributed by atoms with E-state index in [4.69, 9.17) is 21.1 Å². The first-order valence-corrected chi connectivity index (χ1v) is 11.2. The summed E-state index contributed by atoms with van der Waals surface area (Å²) in [6.45, 7) is 2.07. The molecule has 0 radical (unpaired) electrons. The molecule has 1 atom stereocenters. The fraction of sp³-hybridized carbons (Fsp3) is 0.318. The summed E-state index contributed by atoms with van der Waals surface area (Å²) in [5, 5.41) is 10.4. The Morgan fingerprint density at radius 2 is 1.93 bits per heavy atom. The molecule has 0 saturated heterocycles. The van der Waals surface area contributed by atoms with Crippen molar-refractivity contribution in [3.63, 3.8) is 0 Å². The number of benzene rings is 2. The second-order valence-corrected chi connectivity index (χ2v) is 8.24. The van der Waals surface area contributed by atoms with Crippen LogP contribution in [0.1, 0.15) is 12.0 Å². The van der Waals surface area contributed by atoms with Gasteiger partial charge in [-0.05, 0) is 30.7 Å².